The van der Waals surface area contributed by atoms with Gasteiger partial charge >= 0.3 is 0 Å². The number of hydrogen-bond donors (Lipinski definition) is 5. The molecule has 0 aromatic carbocycles. The van der Waals surface area contributed by atoms with Crippen molar-refractivity contribution in [2.45, 2.75) is 69.4 Å². The van der Waals surface area contributed by atoms with Crippen molar-refractivity contribution in [2.24, 2.45) is 11.8 Å². The first-order chi connectivity index (χ1) is 13.9. The van der Waals surface area contributed by atoms with E-state index < -0.39 is 24.4 Å². The number of unbranched alkanes of at least 4 members (excludes halogenated alkanes) is 1. The Balaban J connectivity index is 1.79. The highest BCUT2D eigenvalue weighted by atomic mass is 35.5. The summed E-state index contributed by atoms with van der Waals surface area (Å²) in [5, 5.41) is 49.0. The van der Waals surface area contributed by atoms with Crippen LogP contribution in [0.15, 0.2) is 36.4 Å². The summed E-state index contributed by atoms with van der Waals surface area (Å²) in [5.41, 5.74) is 0. The lowest BCUT2D eigenvalue weighted by Gasteiger charge is -2.19. The molecule has 0 spiro atoms. The Labute approximate surface area is 182 Å². The lowest BCUT2D eigenvalue weighted by atomic mass is 9.89. The van der Waals surface area contributed by atoms with Crippen LogP contribution >= 0.6 is 22.9 Å². The fourth-order valence-corrected chi connectivity index (χ4v) is 4.87. The average Bonchev–Trinajstić information content (AvgIpc) is 3.23. The summed E-state index contributed by atoms with van der Waals surface area (Å²) >= 11 is 7.44. The first-order valence-electron chi connectivity index (χ1n) is 10.3. The van der Waals surface area contributed by atoms with Crippen molar-refractivity contribution < 1.29 is 25.5 Å². The molecule has 0 radical (unpaired) electrons. The number of hydrogen-bond acceptors (Lipinski definition) is 6. The van der Waals surface area contributed by atoms with Crippen LogP contribution in [0.25, 0.3) is 0 Å². The van der Waals surface area contributed by atoms with E-state index in [1.807, 2.05) is 30.4 Å². The summed E-state index contributed by atoms with van der Waals surface area (Å²) in [6.45, 7) is -0.212. The van der Waals surface area contributed by atoms with Crippen molar-refractivity contribution in [1.29, 1.82) is 0 Å². The van der Waals surface area contributed by atoms with E-state index in [4.69, 9.17) is 16.7 Å². The molecule has 0 bridgehead atoms. The van der Waals surface area contributed by atoms with Gasteiger partial charge in [-0.25, -0.2) is 0 Å². The highest BCUT2D eigenvalue weighted by Gasteiger charge is 2.39. The molecule has 2 rings (SSSR count). The molecule has 1 aromatic rings. The molecule has 1 aliphatic carbocycles. The zero-order chi connectivity index (χ0) is 21.2. The van der Waals surface area contributed by atoms with Gasteiger partial charge in [-0.3, -0.25) is 0 Å². The van der Waals surface area contributed by atoms with E-state index in [9.17, 15) is 20.4 Å². The quantitative estimate of drug-likeness (QED) is 0.252. The zero-order valence-electron chi connectivity index (χ0n) is 16.6. The van der Waals surface area contributed by atoms with Crippen molar-refractivity contribution in [3.63, 3.8) is 0 Å². The number of halogens is 1. The molecular weight excluding hydrogens is 412 g/mol. The number of aliphatic hydroxyl groups excluding tert-OH is 5. The third-order valence-electron chi connectivity index (χ3n) is 5.48. The van der Waals surface area contributed by atoms with Gasteiger partial charge in [0, 0.05) is 17.2 Å². The smallest absolute Gasteiger partial charge is 0.0931 e. The summed E-state index contributed by atoms with van der Waals surface area (Å²) in [4.78, 5) is 1.13. The van der Waals surface area contributed by atoms with Crippen LogP contribution in [0, 0.1) is 11.8 Å². The third-order valence-corrected chi connectivity index (χ3v) is 6.77. The molecule has 1 aliphatic rings. The van der Waals surface area contributed by atoms with Crippen molar-refractivity contribution in [1.82, 2.24) is 0 Å². The molecule has 164 valence electrons. The van der Waals surface area contributed by atoms with E-state index in [1.165, 1.54) is 11.3 Å². The Morgan fingerprint density at radius 1 is 1.14 bits per heavy atom. The van der Waals surface area contributed by atoms with Crippen LogP contribution in [0.4, 0.5) is 0 Å². The molecule has 0 saturated heterocycles. The van der Waals surface area contributed by atoms with Crippen molar-refractivity contribution in [3.05, 3.63) is 45.7 Å². The van der Waals surface area contributed by atoms with E-state index in [1.54, 1.807) is 6.08 Å². The molecule has 1 unspecified atom stereocenters. The SMILES string of the molecule is OCC(O)CCC/C=C\C[C@@H]1[C@@H](C=C[C@H](O)CCc2ccc(Cl)s2)[C@H](O)C[C@@H]1O. The van der Waals surface area contributed by atoms with E-state index >= 15 is 0 Å². The summed E-state index contributed by atoms with van der Waals surface area (Å²) < 4.78 is 0.744. The fraction of sp³-hybridized carbons (Fsp3) is 0.636. The van der Waals surface area contributed by atoms with Gasteiger partial charge in [0.2, 0.25) is 0 Å². The topological polar surface area (TPSA) is 101 Å². The molecule has 5 nitrogen and oxygen atoms in total. The predicted octanol–water partition coefficient (Wildman–Crippen LogP) is 3.08. The van der Waals surface area contributed by atoms with Gasteiger partial charge in [0.25, 0.3) is 0 Å². The van der Waals surface area contributed by atoms with Crippen molar-refractivity contribution in [2.75, 3.05) is 6.61 Å². The molecule has 1 heterocycles. The van der Waals surface area contributed by atoms with Gasteiger partial charge in [-0.2, -0.15) is 0 Å². The molecule has 6 atom stereocenters. The number of aliphatic hydroxyl groups is 5. The normalized spacial score (nSPS) is 27.2. The summed E-state index contributed by atoms with van der Waals surface area (Å²) in [7, 11) is 0. The van der Waals surface area contributed by atoms with Gasteiger partial charge in [-0.15, -0.1) is 11.3 Å². The molecule has 7 heteroatoms. The maximum atomic E-state index is 10.3. The number of thiophene rings is 1. The van der Waals surface area contributed by atoms with E-state index in [-0.39, 0.29) is 18.4 Å². The van der Waals surface area contributed by atoms with Crippen LogP contribution in [0.2, 0.25) is 4.34 Å². The molecule has 29 heavy (non-hydrogen) atoms. The summed E-state index contributed by atoms with van der Waals surface area (Å²) in [5.74, 6) is -0.263. The van der Waals surface area contributed by atoms with E-state index in [2.05, 4.69) is 0 Å². The first-order valence-corrected chi connectivity index (χ1v) is 11.5. The van der Waals surface area contributed by atoms with E-state index in [0.717, 1.165) is 28.5 Å². The van der Waals surface area contributed by atoms with Crippen molar-refractivity contribution >= 4 is 22.9 Å². The third kappa shape index (κ3) is 8.50. The van der Waals surface area contributed by atoms with Gasteiger partial charge in [0.1, 0.15) is 0 Å². The maximum absolute atomic E-state index is 10.3. The van der Waals surface area contributed by atoms with Crippen LogP contribution in [0.3, 0.4) is 0 Å². The molecule has 0 aliphatic heterocycles. The highest BCUT2D eigenvalue weighted by molar-refractivity contribution is 7.16. The zero-order valence-corrected chi connectivity index (χ0v) is 18.2. The highest BCUT2D eigenvalue weighted by Crippen LogP contribution is 2.36. The lowest BCUT2D eigenvalue weighted by molar-refractivity contribution is 0.0868. The summed E-state index contributed by atoms with van der Waals surface area (Å²) in [6, 6.07) is 3.82. The van der Waals surface area contributed by atoms with Crippen LogP contribution in [0.1, 0.15) is 43.4 Å². The fourth-order valence-electron chi connectivity index (χ4n) is 3.77. The van der Waals surface area contributed by atoms with Crippen molar-refractivity contribution in [3.8, 4) is 0 Å². The minimum Gasteiger partial charge on any atom is -0.394 e. The van der Waals surface area contributed by atoms with Gasteiger partial charge in [-0.05, 0) is 56.6 Å². The second-order valence-electron chi connectivity index (χ2n) is 7.78. The van der Waals surface area contributed by atoms with Crippen LogP contribution < -0.4 is 0 Å². The standard InChI is InChI=1S/C22H33ClO5S/c23-22-12-10-17(29-22)9-7-15(25)8-11-19-18(20(27)13-21(19)28)6-4-2-1-3-5-16(26)14-24/h2,4,8,10-12,15-16,18-21,24-28H,1,3,5-7,9,13-14H2/b4-2-,11-8?/t15-,16?,18-,19-,20+,21-/m1/s1. The number of rotatable bonds is 12. The van der Waals surface area contributed by atoms with E-state index in [0.29, 0.717) is 25.7 Å². The Kier molecular flexibility index (Phi) is 10.9. The monoisotopic (exact) mass is 444 g/mol. The Morgan fingerprint density at radius 3 is 2.62 bits per heavy atom. The molecular formula is C22H33ClO5S. The second-order valence-corrected chi connectivity index (χ2v) is 9.58. The number of allylic oxidation sites excluding steroid dienone is 2. The lowest BCUT2D eigenvalue weighted by Crippen LogP contribution is -2.20. The summed E-state index contributed by atoms with van der Waals surface area (Å²) in [6.07, 6.45) is 9.66. The Bertz CT molecular complexity index is 647. The van der Waals surface area contributed by atoms with Crippen LogP contribution in [-0.4, -0.2) is 56.6 Å². The van der Waals surface area contributed by atoms with Crippen LogP contribution in [-0.2, 0) is 6.42 Å². The second kappa shape index (κ2) is 12.8. The number of aryl methyl sites for hydroxylation is 1. The maximum Gasteiger partial charge on any atom is 0.0931 e. The van der Waals surface area contributed by atoms with Gasteiger partial charge in [0.15, 0.2) is 0 Å². The minimum atomic E-state index is -0.659. The molecule has 1 aromatic heterocycles. The minimum absolute atomic E-state index is 0.0798. The largest absolute Gasteiger partial charge is 0.394 e. The molecule has 5 N–H and O–H groups in total. The van der Waals surface area contributed by atoms with Gasteiger partial charge in [-0.1, -0.05) is 35.9 Å². The van der Waals surface area contributed by atoms with Gasteiger partial charge < -0.3 is 25.5 Å². The van der Waals surface area contributed by atoms with Crippen LogP contribution in [0.5, 0.6) is 0 Å². The van der Waals surface area contributed by atoms with Gasteiger partial charge in [0.05, 0.1) is 35.4 Å². The molecule has 0 amide bonds. The first kappa shape index (κ1) is 24.5. The Hall–Kier alpha value is -0.730. The molecule has 1 fully saturated rings. The predicted molar refractivity (Wildman–Crippen MR) is 117 cm³/mol. The Morgan fingerprint density at radius 2 is 1.93 bits per heavy atom. The average molecular weight is 445 g/mol. The molecule has 1 saturated carbocycles.